The molecule has 0 spiro atoms. The summed E-state index contributed by atoms with van der Waals surface area (Å²) in [7, 11) is 0. The van der Waals surface area contributed by atoms with E-state index < -0.39 is 0 Å². The van der Waals surface area contributed by atoms with Crippen molar-refractivity contribution >= 4 is 0 Å². The molecule has 0 aromatic heterocycles. The van der Waals surface area contributed by atoms with Gasteiger partial charge in [0.15, 0.2) is 0 Å². The van der Waals surface area contributed by atoms with Crippen LogP contribution in [0.2, 0.25) is 0 Å². The summed E-state index contributed by atoms with van der Waals surface area (Å²) in [4.78, 5) is 0. The molecule has 1 aliphatic carbocycles. The van der Waals surface area contributed by atoms with Gasteiger partial charge in [-0.1, -0.05) is 50.1 Å². The number of hydrogen-bond donors (Lipinski definition) is 2. The van der Waals surface area contributed by atoms with Crippen molar-refractivity contribution in [2.45, 2.75) is 44.2 Å². The summed E-state index contributed by atoms with van der Waals surface area (Å²) in [5, 5.41) is 13.3. The highest BCUT2D eigenvalue weighted by molar-refractivity contribution is 5.33. The van der Waals surface area contributed by atoms with Gasteiger partial charge < -0.3 is 15.2 Å². The molecule has 20 heavy (non-hydrogen) atoms. The van der Waals surface area contributed by atoms with Crippen LogP contribution in [0, 0.1) is 0 Å². The second-order valence-corrected chi connectivity index (χ2v) is 5.56. The standard InChI is InChI=1S/C17H25NO2/c1-2-12-20-16-9-5-4-8-15(16)13-18-17(14-19)10-6-3-7-11-17/h2,4-5,8-9,18-19H,1,3,6-7,10-14H2. The van der Waals surface area contributed by atoms with Crippen molar-refractivity contribution in [3.05, 3.63) is 42.5 Å². The fraction of sp³-hybridized carbons (Fsp3) is 0.529. The highest BCUT2D eigenvalue weighted by Crippen LogP contribution is 2.29. The molecule has 1 aromatic carbocycles. The zero-order valence-electron chi connectivity index (χ0n) is 12.1. The Morgan fingerprint density at radius 1 is 1.25 bits per heavy atom. The second kappa shape index (κ2) is 7.46. The molecule has 3 heteroatoms. The third-order valence-electron chi connectivity index (χ3n) is 4.10. The highest BCUT2D eigenvalue weighted by Gasteiger charge is 2.30. The Kier molecular flexibility index (Phi) is 5.62. The van der Waals surface area contributed by atoms with Gasteiger partial charge in [-0.3, -0.25) is 0 Å². The maximum absolute atomic E-state index is 9.72. The lowest BCUT2D eigenvalue weighted by molar-refractivity contribution is 0.119. The van der Waals surface area contributed by atoms with Gasteiger partial charge in [-0.2, -0.15) is 0 Å². The second-order valence-electron chi connectivity index (χ2n) is 5.56. The average molecular weight is 275 g/mol. The Bertz CT molecular complexity index is 425. The van der Waals surface area contributed by atoms with Gasteiger partial charge in [0.25, 0.3) is 0 Å². The topological polar surface area (TPSA) is 41.5 Å². The van der Waals surface area contributed by atoms with E-state index in [0.29, 0.717) is 6.61 Å². The summed E-state index contributed by atoms with van der Waals surface area (Å²) in [6, 6.07) is 8.04. The smallest absolute Gasteiger partial charge is 0.124 e. The van der Waals surface area contributed by atoms with Gasteiger partial charge in [-0.25, -0.2) is 0 Å². The van der Waals surface area contributed by atoms with E-state index >= 15 is 0 Å². The number of para-hydroxylation sites is 1. The molecule has 0 unspecified atom stereocenters. The molecule has 1 saturated carbocycles. The van der Waals surface area contributed by atoms with Crippen molar-refractivity contribution in [3.8, 4) is 5.75 Å². The average Bonchev–Trinajstić information content (AvgIpc) is 2.52. The third kappa shape index (κ3) is 3.84. The molecule has 2 N–H and O–H groups in total. The highest BCUT2D eigenvalue weighted by atomic mass is 16.5. The summed E-state index contributed by atoms with van der Waals surface area (Å²) in [5.74, 6) is 0.892. The van der Waals surface area contributed by atoms with E-state index in [0.717, 1.165) is 30.7 Å². The Hall–Kier alpha value is -1.32. The number of aliphatic hydroxyl groups is 1. The van der Waals surface area contributed by atoms with E-state index in [1.807, 2.05) is 18.2 Å². The first kappa shape index (κ1) is 15.1. The predicted octanol–water partition coefficient (Wildman–Crippen LogP) is 3.04. The van der Waals surface area contributed by atoms with E-state index in [-0.39, 0.29) is 12.1 Å². The zero-order chi connectivity index (χ0) is 14.3. The van der Waals surface area contributed by atoms with Crippen LogP contribution < -0.4 is 10.1 Å². The summed E-state index contributed by atoms with van der Waals surface area (Å²) >= 11 is 0. The minimum atomic E-state index is -0.107. The third-order valence-corrected chi connectivity index (χ3v) is 4.10. The molecule has 0 aliphatic heterocycles. The fourth-order valence-corrected chi connectivity index (χ4v) is 2.84. The van der Waals surface area contributed by atoms with E-state index in [2.05, 4.69) is 18.0 Å². The molecule has 3 nitrogen and oxygen atoms in total. The normalized spacial score (nSPS) is 17.6. The van der Waals surface area contributed by atoms with Crippen LogP contribution in [0.3, 0.4) is 0 Å². The molecule has 0 saturated heterocycles. The molecule has 0 bridgehead atoms. The molecule has 110 valence electrons. The van der Waals surface area contributed by atoms with E-state index in [1.54, 1.807) is 6.08 Å². The number of aliphatic hydroxyl groups excluding tert-OH is 1. The van der Waals surface area contributed by atoms with Crippen molar-refractivity contribution in [2.75, 3.05) is 13.2 Å². The first-order chi connectivity index (χ1) is 9.79. The van der Waals surface area contributed by atoms with Crippen LogP contribution in [0.15, 0.2) is 36.9 Å². The fourth-order valence-electron chi connectivity index (χ4n) is 2.84. The Balaban J connectivity index is 2.00. The van der Waals surface area contributed by atoms with E-state index in [9.17, 15) is 5.11 Å². The maximum Gasteiger partial charge on any atom is 0.124 e. The van der Waals surface area contributed by atoms with Crippen molar-refractivity contribution < 1.29 is 9.84 Å². The minimum Gasteiger partial charge on any atom is -0.489 e. The summed E-state index contributed by atoms with van der Waals surface area (Å²) in [6.07, 6.45) is 7.53. The van der Waals surface area contributed by atoms with Crippen LogP contribution in [-0.2, 0) is 6.54 Å². The van der Waals surface area contributed by atoms with Gasteiger partial charge in [0.2, 0.25) is 0 Å². The Morgan fingerprint density at radius 3 is 2.70 bits per heavy atom. The van der Waals surface area contributed by atoms with Crippen LogP contribution in [0.1, 0.15) is 37.7 Å². The van der Waals surface area contributed by atoms with Gasteiger partial charge in [0.1, 0.15) is 12.4 Å². The van der Waals surface area contributed by atoms with Crippen molar-refractivity contribution in [1.82, 2.24) is 5.32 Å². The minimum absolute atomic E-state index is 0.107. The lowest BCUT2D eigenvalue weighted by atomic mass is 9.82. The number of hydrogen-bond acceptors (Lipinski definition) is 3. The van der Waals surface area contributed by atoms with Gasteiger partial charge >= 0.3 is 0 Å². The number of ether oxygens (including phenoxy) is 1. The van der Waals surface area contributed by atoms with Crippen LogP contribution in [0.25, 0.3) is 0 Å². The van der Waals surface area contributed by atoms with Crippen molar-refractivity contribution in [2.24, 2.45) is 0 Å². The summed E-state index contributed by atoms with van der Waals surface area (Å²) in [5.41, 5.74) is 1.02. The number of nitrogens with one attached hydrogen (secondary N) is 1. The largest absolute Gasteiger partial charge is 0.489 e. The monoisotopic (exact) mass is 275 g/mol. The molecule has 0 atom stereocenters. The molecule has 2 rings (SSSR count). The molecule has 0 heterocycles. The quantitative estimate of drug-likeness (QED) is 0.752. The molecule has 0 radical (unpaired) electrons. The van der Waals surface area contributed by atoms with E-state index in [4.69, 9.17) is 4.74 Å². The lowest BCUT2D eigenvalue weighted by Gasteiger charge is -2.37. The van der Waals surface area contributed by atoms with Gasteiger partial charge in [0.05, 0.1) is 6.61 Å². The Labute approximate surface area is 121 Å². The van der Waals surface area contributed by atoms with E-state index in [1.165, 1.54) is 19.3 Å². The zero-order valence-corrected chi connectivity index (χ0v) is 12.1. The lowest BCUT2D eigenvalue weighted by Crippen LogP contribution is -2.49. The maximum atomic E-state index is 9.72. The molecule has 0 amide bonds. The van der Waals surface area contributed by atoms with Crippen molar-refractivity contribution in [1.29, 1.82) is 0 Å². The van der Waals surface area contributed by atoms with Crippen LogP contribution in [-0.4, -0.2) is 23.9 Å². The predicted molar refractivity (Wildman–Crippen MR) is 81.9 cm³/mol. The summed E-state index contributed by atoms with van der Waals surface area (Å²) in [6.45, 7) is 5.13. The molecule has 1 aromatic rings. The first-order valence-electron chi connectivity index (χ1n) is 7.47. The van der Waals surface area contributed by atoms with Gasteiger partial charge in [0, 0.05) is 17.6 Å². The van der Waals surface area contributed by atoms with Crippen LogP contribution in [0.4, 0.5) is 0 Å². The molecule has 1 aliphatic rings. The van der Waals surface area contributed by atoms with Crippen LogP contribution in [0.5, 0.6) is 5.75 Å². The van der Waals surface area contributed by atoms with Gasteiger partial charge in [-0.15, -0.1) is 0 Å². The molecular formula is C17H25NO2. The molecular weight excluding hydrogens is 250 g/mol. The summed E-state index contributed by atoms with van der Waals surface area (Å²) < 4.78 is 5.67. The molecule has 1 fully saturated rings. The number of rotatable bonds is 7. The number of benzene rings is 1. The van der Waals surface area contributed by atoms with Crippen LogP contribution >= 0.6 is 0 Å². The van der Waals surface area contributed by atoms with Crippen molar-refractivity contribution in [3.63, 3.8) is 0 Å². The SMILES string of the molecule is C=CCOc1ccccc1CNC1(CO)CCCCC1. The first-order valence-corrected chi connectivity index (χ1v) is 7.47. The van der Waals surface area contributed by atoms with Gasteiger partial charge in [-0.05, 0) is 18.9 Å². The Morgan fingerprint density at radius 2 is 2.00 bits per heavy atom.